The molecule has 0 saturated carbocycles. The first-order valence-corrected chi connectivity index (χ1v) is 10.3. The summed E-state index contributed by atoms with van der Waals surface area (Å²) < 4.78 is 26.6. The number of rotatable bonds is 7. The molecular formula is C18H22N2O3S2. The predicted molar refractivity (Wildman–Crippen MR) is 102 cm³/mol. The molecule has 1 N–H and O–H groups in total. The summed E-state index contributed by atoms with van der Waals surface area (Å²) >= 11 is 1.37. The van der Waals surface area contributed by atoms with Crippen molar-refractivity contribution >= 4 is 33.4 Å². The minimum absolute atomic E-state index is 0.0412. The van der Waals surface area contributed by atoms with E-state index < -0.39 is 10.0 Å². The molecule has 0 spiro atoms. The van der Waals surface area contributed by atoms with Crippen LogP contribution < -0.4 is 9.62 Å². The van der Waals surface area contributed by atoms with E-state index in [1.807, 2.05) is 19.9 Å². The molecule has 0 heterocycles. The zero-order valence-corrected chi connectivity index (χ0v) is 16.1. The minimum Gasteiger partial charge on any atom is -0.353 e. The van der Waals surface area contributed by atoms with Crippen molar-refractivity contribution in [3.63, 3.8) is 0 Å². The highest BCUT2D eigenvalue weighted by atomic mass is 32.2. The van der Waals surface area contributed by atoms with E-state index in [0.29, 0.717) is 11.4 Å². The van der Waals surface area contributed by atoms with Gasteiger partial charge in [0.15, 0.2) is 0 Å². The number of thioether (sulfide) groups is 1. The fourth-order valence-corrected chi connectivity index (χ4v) is 4.06. The average Bonchev–Trinajstić information content (AvgIpc) is 2.60. The normalized spacial score (nSPS) is 11.4. The van der Waals surface area contributed by atoms with E-state index in [1.165, 1.54) is 23.1 Å². The molecule has 0 aliphatic heterocycles. The average molecular weight is 379 g/mol. The summed E-state index contributed by atoms with van der Waals surface area (Å²) in [6.45, 7) is 3.82. The third-order valence-electron chi connectivity index (χ3n) is 3.42. The summed E-state index contributed by atoms with van der Waals surface area (Å²) in [6, 6.07) is 15.6. The van der Waals surface area contributed by atoms with Crippen molar-refractivity contribution in [1.29, 1.82) is 0 Å². The lowest BCUT2D eigenvalue weighted by atomic mass is 10.3. The molecule has 7 heteroatoms. The van der Waals surface area contributed by atoms with Crippen LogP contribution >= 0.6 is 11.8 Å². The van der Waals surface area contributed by atoms with Gasteiger partial charge in [-0.2, -0.15) is 0 Å². The molecule has 0 atom stereocenters. The Hall–Kier alpha value is -1.99. The fraction of sp³-hybridized carbons (Fsp3) is 0.278. The zero-order valence-electron chi connectivity index (χ0n) is 14.5. The number of sulfonamides is 1. The summed E-state index contributed by atoms with van der Waals surface area (Å²) in [5.41, 5.74) is 0.603. The molecule has 0 radical (unpaired) electrons. The number of hydrogen-bond acceptors (Lipinski definition) is 4. The van der Waals surface area contributed by atoms with E-state index in [1.54, 1.807) is 48.5 Å². The maximum absolute atomic E-state index is 12.7. The van der Waals surface area contributed by atoms with Crippen LogP contribution in [-0.2, 0) is 14.8 Å². The molecular weight excluding hydrogens is 356 g/mol. The number of carbonyl (C=O) groups excluding carboxylic acids is 1. The van der Waals surface area contributed by atoms with E-state index in [2.05, 4.69) is 5.32 Å². The monoisotopic (exact) mass is 378 g/mol. The maximum atomic E-state index is 12.7. The zero-order chi connectivity index (χ0) is 18.4. The molecule has 1 amide bonds. The molecule has 0 aromatic heterocycles. The smallest absolute Gasteiger partial charge is 0.264 e. The number of nitrogens with one attached hydrogen (secondary N) is 1. The van der Waals surface area contributed by atoms with Crippen LogP contribution in [0.5, 0.6) is 0 Å². The van der Waals surface area contributed by atoms with E-state index in [0.717, 1.165) is 4.90 Å². The van der Waals surface area contributed by atoms with Gasteiger partial charge in [-0.15, -0.1) is 11.8 Å². The van der Waals surface area contributed by atoms with Crippen LogP contribution in [0.15, 0.2) is 64.4 Å². The lowest BCUT2D eigenvalue weighted by molar-refractivity contribution is -0.119. The Kier molecular flexibility index (Phi) is 6.50. The van der Waals surface area contributed by atoms with Gasteiger partial charge in [-0.25, -0.2) is 8.42 Å². The number of hydrogen-bond donors (Lipinski definition) is 1. The molecule has 134 valence electrons. The van der Waals surface area contributed by atoms with Crippen molar-refractivity contribution in [2.75, 3.05) is 17.1 Å². The largest absolute Gasteiger partial charge is 0.353 e. The highest BCUT2D eigenvalue weighted by Crippen LogP contribution is 2.24. The van der Waals surface area contributed by atoms with Crippen molar-refractivity contribution in [1.82, 2.24) is 5.32 Å². The van der Waals surface area contributed by atoms with Crippen molar-refractivity contribution < 1.29 is 13.2 Å². The molecule has 0 bridgehead atoms. The van der Waals surface area contributed by atoms with E-state index in [4.69, 9.17) is 0 Å². The first-order chi connectivity index (χ1) is 11.8. The standard InChI is InChI=1S/C18H22N2O3S2/c1-14(2)19-18(21)13-24-16-9-11-17(12-10-16)25(22,23)20(3)15-7-5-4-6-8-15/h4-12,14H,13H2,1-3H3,(H,19,21). The Morgan fingerprint density at radius 3 is 2.24 bits per heavy atom. The van der Waals surface area contributed by atoms with E-state index in [-0.39, 0.29) is 16.8 Å². The second-order valence-electron chi connectivity index (χ2n) is 5.79. The number of para-hydroxylation sites is 1. The third kappa shape index (κ3) is 5.24. The van der Waals surface area contributed by atoms with Gasteiger partial charge in [0.05, 0.1) is 16.3 Å². The second-order valence-corrected chi connectivity index (χ2v) is 8.81. The quantitative estimate of drug-likeness (QED) is 0.752. The van der Waals surface area contributed by atoms with Crippen LogP contribution in [0.2, 0.25) is 0 Å². The molecule has 2 aromatic carbocycles. The molecule has 0 aliphatic rings. The van der Waals surface area contributed by atoms with Crippen LogP contribution in [0, 0.1) is 0 Å². The molecule has 0 fully saturated rings. The minimum atomic E-state index is -3.61. The maximum Gasteiger partial charge on any atom is 0.264 e. The van der Waals surface area contributed by atoms with Gasteiger partial charge in [-0.3, -0.25) is 9.10 Å². The predicted octanol–water partition coefficient (Wildman–Crippen LogP) is 3.13. The van der Waals surface area contributed by atoms with Crippen LogP contribution in [-0.4, -0.2) is 33.2 Å². The Labute approximate surface area is 153 Å². The van der Waals surface area contributed by atoms with Gasteiger partial charge in [0, 0.05) is 18.0 Å². The summed E-state index contributed by atoms with van der Waals surface area (Å²) in [5.74, 6) is 0.259. The summed E-state index contributed by atoms with van der Waals surface area (Å²) in [7, 11) is -2.08. The highest BCUT2D eigenvalue weighted by molar-refractivity contribution is 8.00. The van der Waals surface area contributed by atoms with Gasteiger partial charge in [0.25, 0.3) is 10.0 Å². The molecule has 0 saturated heterocycles. The summed E-state index contributed by atoms with van der Waals surface area (Å²) in [4.78, 5) is 12.7. The molecule has 5 nitrogen and oxygen atoms in total. The molecule has 25 heavy (non-hydrogen) atoms. The summed E-state index contributed by atoms with van der Waals surface area (Å²) in [6.07, 6.45) is 0. The third-order valence-corrected chi connectivity index (χ3v) is 6.23. The topological polar surface area (TPSA) is 66.5 Å². The number of amides is 1. The van der Waals surface area contributed by atoms with Gasteiger partial charge in [-0.05, 0) is 50.2 Å². The van der Waals surface area contributed by atoms with Gasteiger partial charge in [-0.1, -0.05) is 18.2 Å². The number of anilines is 1. The lowest BCUT2D eigenvalue weighted by Crippen LogP contribution is -2.31. The lowest BCUT2D eigenvalue weighted by Gasteiger charge is -2.19. The Bertz CT molecular complexity index is 804. The Morgan fingerprint density at radius 1 is 1.08 bits per heavy atom. The van der Waals surface area contributed by atoms with Crippen LogP contribution in [0.4, 0.5) is 5.69 Å². The van der Waals surface area contributed by atoms with E-state index in [9.17, 15) is 13.2 Å². The van der Waals surface area contributed by atoms with Crippen molar-refractivity contribution in [2.24, 2.45) is 0 Å². The molecule has 2 rings (SSSR count). The highest BCUT2D eigenvalue weighted by Gasteiger charge is 2.21. The summed E-state index contributed by atoms with van der Waals surface area (Å²) in [5, 5.41) is 2.82. The van der Waals surface area contributed by atoms with Crippen LogP contribution in [0.1, 0.15) is 13.8 Å². The van der Waals surface area contributed by atoms with Crippen LogP contribution in [0.3, 0.4) is 0 Å². The fourth-order valence-electron chi connectivity index (χ4n) is 2.16. The van der Waals surface area contributed by atoms with Crippen molar-refractivity contribution in [2.45, 2.75) is 29.7 Å². The molecule has 0 aliphatic carbocycles. The van der Waals surface area contributed by atoms with E-state index >= 15 is 0 Å². The van der Waals surface area contributed by atoms with Gasteiger partial charge >= 0.3 is 0 Å². The van der Waals surface area contributed by atoms with Gasteiger partial charge < -0.3 is 5.32 Å². The molecule has 2 aromatic rings. The van der Waals surface area contributed by atoms with Crippen molar-refractivity contribution in [3.8, 4) is 0 Å². The number of carbonyl (C=O) groups is 1. The Morgan fingerprint density at radius 2 is 1.68 bits per heavy atom. The SMILES string of the molecule is CC(C)NC(=O)CSc1ccc(S(=O)(=O)N(C)c2ccccc2)cc1. The first-order valence-electron chi connectivity index (χ1n) is 7.87. The molecule has 0 unspecified atom stereocenters. The van der Waals surface area contributed by atoms with Gasteiger partial charge in [0.1, 0.15) is 0 Å². The van der Waals surface area contributed by atoms with Crippen LogP contribution in [0.25, 0.3) is 0 Å². The number of benzene rings is 2. The van der Waals surface area contributed by atoms with Crippen molar-refractivity contribution in [3.05, 3.63) is 54.6 Å². The number of nitrogens with zero attached hydrogens (tertiary/aromatic N) is 1. The van der Waals surface area contributed by atoms with Gasteiger partial charge in [0.2, 0.25) is 5.91 Å². The second kappa shape index (κ2) is 8.40. The first kappa shape index (κ1) is 19.3. The Balaban J connectivity index is 2.07.